The Hall–Kier alpha value is -1.24. The average Bonchev–Trinajstić information content (AvgIpc) is 2.72. The topological polar surface area (TPSA) is 4.93 Å². The van der Waals surface area contributed by atoms with Crippen LogP contribution in [0.3, 0.4) is 0 Å². The predicted octanol–water partition coefficient (Wildman–Crippen LogP) is 4.67. The highest BCUT2D eigenvalue weighted by Gasteiger charge is 1.88. The van der Waals surface area contributed by atoms with Gasteiger partial charge in [-0.2, -0.15) is 0 Å². The molecular formula is C13H23N. The summed E-state index contributed by atoms with van der Waals surface area (Å²) in [7, 11) is 0. The van der Waals surface area contributed by atoms with E-state index in [1.807, 2.05) is 75.9 Å². The standard InChI is InChI=1S/C9H11N.2C2H6/c1-3-7-10-8-5-6-9(10)4-2;2*1-2/h3-8H,2H2,1H3;2*1-2H3/b7-3-;;. The molecule has 0 bridgehead atoms. The van der Waals surface area contributed by atoms with E-state index in [0.29, 0.717) is 0 Å². The predicted molar refractivity (Wildman–Crippen MR) is 68.2 cm³/mol. The molecule has 0 unspecified atom stereocenters. The molecule has 0 aromatic carbocycles. The summed E-state index contributed by atoms with van der Waals surface area (Å²) in [6.07, 6.45) is 7.82. The largest absolute Gasteiger partial charge is 0.324 e. The molecule has 0 saturated carbocycles. The minimum absolute atomic E-state index is 1.12. The van der Waals surface area contributed by atoms with E-state index in [0.717, 1.165) is 5.69 Å². The molecule has 0 amide bonds. The lowest BCUT2D eigenvalue weighted by Gasteiger charge is -1.95. The van der Waals surface area contributed by atoms with E-state index >= 15 is 0 Å². The van der Waals surface area contributed by atoms with Gasteiger partial charge in [0, 0.05) is 18.1 Å². The first-order valence-electron chi connectivity index (χ1n) is 5.30. The monoisotopic (exact) mass is 193 g/mol. The molecule has 0 fully saturated rings. The van der Waals surface area contributed by atoms with Gasteiger partial charge in [-0.15, -0.1) is 0 Å². The first kappa shape index (κ1) is 15.2. The normalized spacial score (nSPS) is 8.36. The zero-order valence-corrected chi connectivity index (χ0v) is 10.1. The highest BCUT2D eigenvalue weighted by Crippen LogP contribution is 2.03. The fourth-order valence-electron chi connectivity index (χ4n) is 0.876. The number of aromatic nitrogens is 1. The van der Waals surface area contributed by atoms with Crippen molar-refractivity contribution in [2.45, 2.75) is 34.6 Å². The molecule has 14 heavy (non-hydrogen) atoms. The second-order valence-electron chi connectivity index (χ2n) is 2.03. The highest BCUT2D eigenvalue weighted by molar-refractivity contribution is 5.47. The Morgan fingerprint density at radius 3 is 2.21 bits per heavy atom. The van der Waals surface area contributed by atoms with Crippen LogP contribution in [0.4, 0.5) is 0 Å². The van der Waals surface area contributed by atoms with Crippen LogP contribution in [0.15, 0.2) is 31.0 Å². The van der Waals surface area contributed by atoms with Crippen molar-refractivity contribution in [2.24, 2.45) is 0 Å². The molecule has 1 rings (SSSR count). The number of hydrogen-bond donors (Lipinski definition) is 0. The summed E-state index contributed by atoms with van der Waals surface area (Å²) in [6, 6.07) is 4.02. The Morgan fingerprint density at radius 1 is 1.21 bits per heavy atom. The zero-order valence-electron chi connectivity index (χ0n) is 10.1. The molecule has 0 atom stereocenters. The van der Waals surface area contributed by atoms with Crippen molar-refractivity contribution in [1.82, 2.24) is 4.57 Å². The maximum Gasteiger partial charge on any atom is 0.0443 e. The van der Waals surface area contributed by atoms with Gasteiger partial charge in [0.2, 0.25) is 0 Å². The molecule has 0 spiro atoms. The molecule has 0 aliphatic rings. The van der Waals surface area contributed by atoms with Gasteiger partial charge in [-0.3, -0.25) is 0 Å². The Labute approximate surface area is 88.8 Å². The van der Waals surface area contributed by atoms with Gasteiger partial charge in [0.25, 0.3) is 0 Å². The van der Waals surface area contributed by atoms with Crippen molar-refractivity contribution in [3.63, 3.8) is 0 Å². The molecule has 0 aliphatic heterocycles. The number of rotatable bonds is 2. The van der Waals surface area contributed by atoms with Gasteiger partial charge >= 0.3 is 0 Å². The Balaban J connectivity index is 0. The molecule has 1 heterocycles. The Morgan fingerprint density at radius 2 is 1.79 bits per heavy atom. The number of allylic oxidation sites excluding steroid dienone is 1. The smallest absolute Gasteiger partial charge is 0.0443 e. The lowest BCUT2D eigenvalue weighted by molar-refractivity contribution is 1.15. The van der Waals surface area contributed by atoms with Crippen molar-refractivity contribution in [3.8, 4) is 0 Å². The fourth-order valence-corrected chi connectivity index (χ4v) is 0.876. The molecule has 0 N–H and O–H groups in total. The number of nitrogens with zero attached hydrogens (tertiary/aromatic N) is 1. The van der Waals surface area contributed by atoms with Crippen LogP contribution >= 0.6 is 0 Å². The molecule has 1 aromatic rings. The van der Waals surface area contributed by atoms with Gasteiger partial charge in [0.15, 0.2) is 0 Å². The molecular weight excluding hydrogens is 170 g/mol. The van der Waals surface area contributed by atoms with Crippen molar-refractivity contribution in [1.29, 1.82) is 0 Å². The van der Waals surface area contributed by atoms with Gasteiger partial charge in [-0.05, 0) is 25.1 Å². The van der Waals surface area contributed by atoms with Crippen LogP contribution < -0.4 is 0 Å². The molecule has 1 nitrogen and oxygen atoms in total. The number of hydrogen-bond acceptors (Lipinski definition) is 0. The quantitative estimate of drug-likeness (QED) is 0.643. The van der Waals surface area contributed by atoms with Gasteiger partial charge in [0.1, 0.15) is 0 Å². The first-order chi connectivity index (χ1) is 6.88. The summed E-state index contributed by atoms with van der Waals surface area (Å²) >= 11 is 0. The lowest BCUT2D eigenvalue weighted by Crippen LogP contribution is -1.84. The van der Waals surface area contributed by atoms with E-state index in [4.69, 9.17) is 0 Å². The molecule has 0 saturated heterocycles. The maximum atomic E-state index is 3.69. The van der Waals surface area contributed by atoms with E-state index < -0.39 is 0 Å². The highest BCUT2D eigenvalue weighted by atomic mass is 14.9. The summed E-state index contributed by atoms with van der Waals surface area (Å²) in [5.41, 5.74) is 1.12. The fraction of sp³-hybridized carbons (Fsp3) is 0.385. The van der Waals surface area contributed by atoms with Crippen LogP contribution in [0.25, 0.3) is 12.3 Å². The second-order valence-corrected chi connectivity index (χ2v) is 2.03. The van der Waals surface area contributed by atoms with Crippen LogP contribution in [-0.2, 0) is 0 Å². The summed E-state index contributed by atoms with van der Waals surface area (Å²) in [4.78, 5) is 0. The van der Waals surface area contributed by atoms with Gasteiger partial charge in [0.05, 0.1) is 0 Å². The van der Waals surface area contributed by atoms with Crippen LogP contribution in [0, 0.1) is 0 Å². The summed E-state index contributed by atoms with van der Waals surface area (Å²) in [5, 5.41) is 0. The first-order valence-corrected chi connectivity index (χ1v) is 5.30. The second kappa shape index (κ2) is 11.8. The third-order valence-corrected chi connectivity index (χ3v) is 1.33. The average molecular weight is 193 g/mol. The molecule has 1 aromatic heterocycles. The Bertz CT molecular complexity index is 243. The van der Waals surface area contributed by atoms with Crippen LogP contribution in [-0.4, -0.2) is 4.57 Å². The van der Waals surface area contributed by atoms with E-state index in [1.165, 1.54) is 0 Å². The van der Waals surface area contributed by atoms with Crippen molar-refractivity contribution >= 4 is 12.3 Å². The van der Waals surface area contributed by atoms with E-state index in [2.05, 4.69) is 6.58 Å². The Kier molecular flexibility index (Phi) is 12.8. The molecule has 0 radical (unpaired) electrons. The lowest BCUT2D eigenvalue weighted by atomic mass is 10.4. The van der Waals surface area contributed by atoms with Crippen molar-refractivity contribution < 1.29 is 0 Å². The van der Waals surface area contributed by atoms with Crippen molar-refractivity contribution in [2.75, 3.05) is 0 Å². The summed E-state index contributed by atoms with van der Waals surface area (Å²) in [6.45, 7) is 13.7. The van der Waals surface area contributed by atoms with Crippen LogP contribution in [0.1, 0.15) is 40.3 Å². The van der Waals surface area contributed by atoms with E-state index in [9.17, 15) is 0 Å². The SMILES string of the molecule is C=Cc1cccn1/C=C\C.CC.CC. The van der Waals surface area contributed by atoms with Crippen molar-refractivity contribution in [3.05, 3.63) is 36.7 Å². The van der Waals surface area contributed by atoms with Gasteiger partial charge in [-0.1, -0.05) is 40.3 Å². The molecule has 80 valence electrons. The molecule has 1 heteroatoms. The minimum atomic E-state index is 1.12. The minimum Gasteiger partial charge on any atom is -0.324 e. The third-order valence-electron chi connectivity index (χ3n) is 1.33. The third kappa shape index (κ3) is 5.41. The van der Waals surface area contributed by atoms with E-state index in [1.54, 1.807) is 0 Å². The van der Waals surface area contributed by atoms with Crippen LogP contribution in [0.5, 0.6) is 0 Å². The maximum absolute atomic E-state index is 3.69. The zero-order chi connectivity index (χ0) is 11.4. The van der Waals surface area contributed by atoms with E-state index in [-0.39, 0.29) is 0 Å². The van der Waals surface area contributed by atoms with Gasteiger partial charge < -0.3 is 4.57 Å². The molecule has 0 aliphatic carbocycles. The summed E-state index contributed by atoms with van der Waals surface area (Å²) in [5.74, 6) is 0. The van der Waals surface area contributed by atoms with Crippen LogP contribution in [0.2, 0.25) is 0 Å². The summed E-state index contributed by atoms with van der Waals surface area (Å²) < 4.78 is 2.02. The van der Waals surface area contributed by atoms with Gasteiger partial charge in [-0.25, -0.2) is 0 Å².